The Kier molecular flexibility index (Phi) is 3.31. The molecule has 0 spiro atoms. The summed E-state index contributed by atoms with van der Waals surface area (Å²) in [6, 6.07) is 14.8. The molecule has 3 rings (SSSR count). The molecule has 22 heavy (non-hydrogen) atoms. The summed E-state index contributed by atoms with van der Waals surface area (Å²) >= 11 is 0. The first-order valence-electron chi connectivity index (χ1n) is 6.56. The molecule has 0 bridgehead atoms. The molecule has 0 atom stereocenters. The minimum absolute atomic E-state index is 0.0988. The quantitative estimate of drug-likeness (QED) is 0.728. The summed E-state index contributed by atoms with van der Waals surface area (Å²) in [5, 5.41) is 13.0. The van der Waals surface area contributed by atoms with Gasteiger partial charge >= 0.3 is 5.56 Å². The van der Waals surface area contributed by atoms with Gasteiger partial charge in [0, 0.05) is 0 Å². The monoisotopic (exact) mass is 294 g/mol. The van der Waals surface area contributed by atoms with Crippen molar-refractivity contribution in [2.75, 3.05) is 0 Å². The number of aromatic nitrogens is 3. The van der Waals surface area contributed by atoms with Gasteiger partial charge in [-0.2, -0.15) is 14.7 Å². The van der Waals surface area contributed by atoms with E-state index in [0.717, 1.165) is 10.4 Å². The molecule has 0 radical (unpaired) electrons. The van der Waals surface area contributed by atoms with Crippen LogP contribution in [-0.4, -0.2) is 14.6 Å². The average Bonchev–Trinajstić information content (AvgIpc) is 2.85. The molecular formula is C16H11FN4O. The van der Waals surface area contributed by atoms with Crippen LogP contribution in [0, 0.1) is 24.1 Å². The highest BCUT2D eigenvalue weighted by Gasteiger charge is 2.17. The van der Waals surface area contributed by atoms with Crippen LogP contribution in [0.15, 0.2) is 53.3 Å². The van der Waals surface area contributed by atoms with E-state index in [9.17, 15) is 9.18 Å². The summed E-state index contributed by atoms with van der Waals surface area (Å²) in [4.78, 5) is 13.4. The summed E-state index contributed by atoms with van der Waals surface area (Å²) in [5.41, 5.74) is 0.752. The number of nitrogens with zero attached hydrogens (tertiary/aromatic N) is 4. The fourth-order valence-electron chi connectivity index (χ4n) is 2.13. The van der Waals surface area contributed by atoms with Gasteiger partial charge in [0.25, 0.3) is 0 Å². The fraction of sp³-hybridized carbons (Fsp3) is 0.0625. The molecule has 0 saturated heterocycles. The van der Waals surface area contributed by atoms with Crippen molar-refractivity contribution in [2.24, 2.45) is 0 Å². The van der Waals surface area contributed by atoms with Crippen LogP contribution in [0.5, 0.6) is 0 Å². The molecule has 0 aliphatic heterocycles. The minimum Gasteiger partial charge on any atom is -0.264 e. The van der Waals surface area contributed by atoms with Gasteiger partial charge in [0.15, 0.2) is 5.82 Å². The van der Waals surface area contributed by atoms with E-state index >= 15 is 0 Å². The Labute approximate surface area is 125 Å². The van der Waals surface area contributed by atoms with Crippen molar-refractivity contribution in [2.45, 2.75) is 6.92 Å². The molecule has 6 heteroatoms. The highest BCUT2D eigenvalue weighted by molar-refractivity contribution is 5.39. The van der Waals surface area contributed by atoms with Crippen LogP contribution < -0.4 is 5.56 Å². The first-order valence-corrected chi connectivity index (χ1v) is 6.56. The van der Waals surface area contributed by atoms with Gasteiger partial charge in [-0.25, -0.2) is 4.39 Å². The van der Waals surface area contributed by atoms with Crippen molar-refractivity contribution in [1.82, 2.24) is 14.6 Å². The third-order valence-electron chi connectivity index (χ3n) is 3.23. The van der Waals surface area contributed by atoms with Crippen LogP contribution in [0.25, 0.3) is 11.4 Å². The number of rotatable bonds is 2. The van der Waals surface area contributed by atoms with Gasteiger partial charge in [-0.05, 0) is 31.2 Å². The molecule has 0 unspecified atom stereocenters. The van der Waals surface area contributed by atoms with Crippen LogP contribution in [0.1, 0.15) is 11.3 Å². The Morgan fingerprint density at radius 1 is 1.14 bits per heavy atom. The number of para-hydroxylation sites is 1. The molecule has 0 fully saturated rings. The Hall–Kier alpha value is -3.20. The van der Waals surface area contributed by atoms with Gasteiger partial charge in [0.2, 0.25) is 5.69 Å². The maximum atomic E-state index is 14.0. The molecular weight excluding hydrogens is 283 g/mol. The first kappa shape index (κ1) is 13.8. The molecule has 0 aliphatic carbocycles. The fourth-order valence-corrected chi connectivity index (χ4v) is 2.13. The zero-order valence-corrected chi connectivity index (χ0v) is 11.7. The van der Waals surface area contributed by atoms with Gasteiger partial charge < -0.3 is 0 Å². The predicted molar refractivity (Wildman–Crippen MR) is 78.6 cm³/mol. The lowest BCUT2D eigenvalue weighted by molar-refractivity contribution is 0.571. The summed E-state index contributed by atoms with van der Waals surface area (Å²) in [5.74, 6) is -0.532. The maximum absolute atomic E-state index is 14.0. The van der Waals surface area contributed by atoms with E-state index in [4.69, 9.17) is 5.26 Å². The Morgan fingerprint density at radius 2 is 1.82 bits per heavy atom. The molecule has 0 amide bonds. The lowest BCUT2D eigenvalue weighted by Gasteiger charge is -2.10. The van der Waals surface area contributed by atoms with E-state index < -0.39 is 11.4 Å². The van der Waals surface area contributed by atoms with E-state index in [1.807, 2.05) is 19.1 Å². The van der Waals surface area contributed by atoms with Crippen LogP contribution in [0.3, 0.4) is 0 Å². The van der Waals surface area contributed by atoms with Crippen LogP contribution in [-0.2, 0) is 0 Å². The first-order chi connectivity index (χ1) is 10.6. The second-order valence-electron chi connectivity index (χ2n) is 4.75. The molecule has 0 aliphatic rings. The zero-order valence-electron chi connectivity index (χ0n) is 11.7. The molecule has 0 N–H and O–H groups in total. The molecule has 3 aromatic rings. The van der Waals surface area contributed by atoms with Gasteiger partial charge in [-0.15, -0.1) is 5.10 Å². The van der Waals surface area contributed by atoms with Gasteiger partial charge in [-0.3, -0.25) is 4.79 Å². The van der Waals surface area contributed by atoms with E-state index in [2.05, 4.69) is 5.10 Å². The normalized spacial score (nSPS) is 10.4. The number of aryl methyl sites for hydroxylation is 1. The highest BCUT2D eigenvalue weighted by atomic mass is 19.1. The highest BCUT2D eigenvalue weighted by Crippen LogP contribution is 2.14. The van der Waals surface area contributed by atoms with Crippen molar-refractivity contribution in [3.8, 4) is 17.4 Å². The Bertz CT molecular complexity index is 932. The number of hydrogen-bond acceptors (Lipinski definition) is 3. The summed E-state index contributed by atoms with van der Waals surface area (Å²) < 4.78 is 15.2. The number of hydrogen-bond donors (Lipinski definition) is 0. The molecule has 1 heterocycles. The molecule has 1 aromatic heterocycles. The van der Waals surface area contributed by atoms with Gasteiger partial charge in [0.05, 0.1) is 5.69 Å². The average molecular weight is 294 g/mol. The second-order valence-corrected chi connectivity index (χ2v) is 4.75. The number of halogens is 1. The van der Waals surface area contributed by atoms with Crippen LogP contribution >= 0.6 is 0 Å². The van der Waals surface area contributed by atoms with Crippen molar-refractivity contribution in [1.29, 1.82) is 5.26 Å². The third kappa shape index (κ3) is 2.19. The maximum Gasteiger partial charge on any atom is 0.310 e. The van der Waals surface area contributed by atoms with Gasteiger partial charge in [0.1, 0.15) is 11.8 Å². The smallest absolute Gasteiger partial charge is 0.264 e. The lowest BCUT2D eigenvalue weighted by Crippen LogP contribution is -2.22. The van der Waals surface area contributed by atoms with Crippen molar-refractivity contribution >= 4 is 0 Å². The van der Waals surface area contributed by atoms with E-state index in [1.54, 1.807) is 30.3 Å². The van der Waals surface area contributed by atoms with Crippen molar-refractivity contribution in [3.63, 3.8) is 0 Å². The van der Waals surface area contributed by atoms with E-state index in [-0.39, 0.29) is 11.4 Å². The number of nitriles is 1. The Morgan fingerprint density at radius 3 is 2.45 bits per heavy atom. The van der Waals surface area contributed by atoms with Crippen LogP contribution in [0.4, 0.5) is 4.39 Å². The van der Waals surface area contributed by atoms with E-state index in [1.165, 1.54) is 16.8 Å². The Balaban J connectivity index is 2.32. The van der Waals surface area contributed by atoms with Gasteiger partial charge in [-0.1, -0.05) is 29.8 Å². The van der Waals surface area contributed by atoms with E-state index in [0.29, 0.717) is 5.69 Å². The van der Waals surface area contributed by atoms with Crippen molar-refractivity contribution < 1.29 is 4.39 Å². The van der Waals surface area contributed by atoms with Crippen LogP contribution in [0.2, 0.25) is 0 Å². The number of benzene rings is 2. The summed E-state index contributed by atoms with van der Waals surface area (Å²) in [6.45, 7) is 1.92. The molecule has 2 aromatic carbocycles. The summed E-state index contributed by atoms with van der Waals surface area (Å²) in [6.07, 6.45) is 0. The standard InChI is InChI=1S/C16H11FN4O/c1-11-6-8-12(9-7-11)20-16(22)14(10-18)19-21(20)15-5-3-2-4-13(15)17/h2-9H,1H3. The molecule has 108 valence electrons. The second kappa shape index (κ2) is 5.30. The third-order valence-corrected chi connectivity index (χ3v) is 3.23. The SMILES string of the molecule is Cc1ccc(-n2c(=O)c(C#N)nn2-c2ccccc2F)cc1. The minimum atomic E-state index is -0.588. The molecule has 0 saturated carbocycles. The topological polar surface area (TPSA) is 63.6 Å². The molecule has 5 nitrogen and oxygen atoms in total. The zero-order chi connectivity index (χ0) is 15.7. The lowest BCUT2D eigenvalue weighted by atomic mass is 10.2. The largest absolute Gasteiger partial charge is 0.310 e. The summed E-state index contributed by atoms with van der Waals surface area (Å²) in [7, 11) is 0. The van der Waals surface area contributed by atoms with Crippen molar-refractivity contribution in [3.05, 3.63) is 76.0 Å². The predicted octanol–water partition coefficient (Wildman–Crippen LogP) is 2.34.